The molecule has 2 heteroatoms. The van der Waals surface area contributed by atoms with Crippen LogP contribution in [0.25, 0.3) is 0 Å². The molecule has 0 bridgehead atoms. The molecule has 1 unspecified atom stereocenters. The van der Waals surface area contributed by atoms with E-state index in [1.807, 2.05) is 0 Å². The molecular formula is C13H20IN. The van der Waals surface area contributed by atoms with Gasteiger partial charge in [-0.15, -0.1) is 0 Å². The van der Waals surface area contributed by atoms with Gasteiger partial charge in [0, 0.05) is 6.54 Å². The molecule has 15 heavy (non-hydrogen) atoms. The molecule has 0 aliphatic carbocycles. The van der Waals surface area contributed by atoms with Crippen LogP contribution in [0.4, 0.5) is 0 Å². The third kappa shape index (κ3) is 1.80. The van der Waals surface area contributed by atoms with Crippen LogP contribution in [0.2, 0.25) is 0 Å². The van der Waals surface area contributed by atoms with Crippen molar-refractivity contribution >= 4 is 22.6 Å². The summed E-state index contributed by atoms with van der Waals surface area (Å²) in [5.74, 6) is 0. The molecule has 0 amide bonds. The second-order valence-electron chi connectivity index (χ2n) is 4.80. The first-order chi connectivity index (χ1) is 7.10. The molecule has 0 N–H and O–H groups in total. The molecule has 84 valence electrons. The molecule has 1 nitrogen and oxygen atoms in total. The molecule has 1 saturated heterocycles. The molecule has 1 atom stereocenters. The normalized spacial score (nSPS) is 32.7. The molecule has 2 aliphatic heterocycles. The zero-order chi connectivity index (χ0) is 11.1. The lowest BCUT2D eigenvalue weighted by atomic mass is 9.88. The second kappa shape index (κ2) is 4.21. The van der Waals surface area contributed by atoms with Gasteiger partial charge in [0.2, 0.25) is 0 Å². The Kier molecular flexibility index (Phi) is 3.27. The Morgan fingerprint density at radius 3 is 2.93 bits per heavy atom. The molecule has 2 rings (SSSR count). The van der Waals surface area contributed by atoms with Crippen molar-refractivity contribution in [1.82, 2.24) is 4.90 Å². The Morgan fingerprint density at radius 1 is 1.53 bits per heavy atom. The van der Waals surface area contributed by atoms with Gasteiger partial charge in [0.05, 0.1) is 5.54 Å². The highest BCUT2D eigenvalue weighted by atomic mass is 127. The zero-order valence-electron chi connectivity index (χ0n) is 9.94. The molecule has 2 heterocycles. The van der Waals surface area contributed by atoms with Gasteiger partial charge in [-0.05, 0) is 71.4 Å². The van der Waals surface area contributed by atoms with Crippen LogP contribution < -0.4 is 0 Å². The summed E-state index contributed by atoms with van der Waals surface area (Å²) in [5.41, 5.74) is 3.50. The minimum Gasteiger partial charge on any atom is -0.287 e. The van der Waals surface area contributed by atoms with E-state index in [1.54, 1.807) is 11.1 Å². The fourth-order valence-corrected chi connectivity index (χ4v) is 3.46. The van der Waals surface area contributed by atoms with Crippen molar-refractivity contribution in [3.05, 3.63) is 20.8 Å². The molecule has 0 aromatic rings. The second-order valence-corrected chi connectivity index (χ2v) is 6.19. The summed E-state index contributed by atoms with van der Waals surface area (Å²) in [6.07, 6.45) is 6.37. The van der Waals surface area contributed by atoms with E-state index < -0.39 is 0 Å². The highest BCUT2D eigenvalue weighted by molar-refractivity contribution is 14.1. The van der Waals surface area contributed by atoms with E-state index in [9.17, 15) is 0 Å². The summed E-state index contributed by atoms with van der Waals surface area (Å²) >= 11 is 2.50. The molecule has 0 spiro atoms. The molecule has 2 aliphatic rings. The highest BCUT2D eigenvalue weighted by Crippen LogP contribution is 2.44. The lowest BCUT2D eigenvalue weighted by Gasteiger charge is -2.31. The van der Waals surface area contributed by atoms with Crippen LogP contribution in [-0.4, -0.2) is 23.5 Å². The largest absolute Gasteiger partial charge is 0.287 e. The average molecular weight is 317 g/mol. The minimum atomic E-state index is 0.302. The molecule has 0 saturated carbocycles. The van der Waals surface area contributed by atoms with Gasteiger partial charge in [-0.2, -0.15) is 0 Å². The van der Waals surface area contributed by atoms with E-state index in [0.29, 0.717) is 5.54 Å². The predicted molar refractivity (Wildman–Crippen MR) is 74.3 cm³/mol. The Morgan fingerprint density at radius 2 is 2.27 bits per heavy atom. The maximum Gasteiger partial charge on any atom is 0.0618 e. The highest BCUT2D eigenvalue weighted by Gasteiger charge is 2.45. The Balaban J connectivity index is 2.38. The number of hydrogen-bond donors (Lipinski definition) is 0. The SMILES string of the molecule is CC/C(I)=C/C12CCCN1CC(C)=C2C. The van der Waals surface area contributed by atoms with Crippen molar-refractivity contribution in [3.8, 4) is 0 Å². The lowest BCUT2D eigenvalue weighted by molar-refractivity contribution is 0.264. The number of allylic oxidation sites excluding steroid dienone is 1. The fourth-order valence-electron chi connectivity index (χ4n) is 2.95. The van der Waals surface area contributed by atoms with E-state index in [0.717, 1.165) is 0 Å². The monoisotopic (exact) mass is 317 g/mol. The van der Waals surface area contributed by atoms with Gasteiger partial charge in [0.25, 0.3) is 0 Å². The van der Waals surface area contributed by atoms with Crippen LogP contribution in [0, 0.1) is 0 Å². The summed E-state index contributed by atoms with van der Waals surface area (Å²) in [5, 5.41) is 0. The summed E-state index contributed by atoms with van der Waals surface area (Å²) < 4.78 is 1.51. The third-order valence-corrected chi connectivity index (χ3v) is 5.08. The van der Waals surface area contributed by atoms with Crippen LogP contribution in [0.15, 0.2) is 20.8 Å². The van der Waals surface area contributed by atoms with Gasteiger partial charge >= 0.3 is 0 Å². The fraction of sp³-hybridized carbons (Fsp3) is 0.692. The van der Waals surface area contributed by atoms with Crippen LogP contribution in [0.5, 0.6) is 0 Å². The van der Waals surface area contributed by atoms with Crippen molar-refractivity contribution in [3.63, 3.8) is 0 Å². The van der Waals surface area contributed by atoms with E-state index in [4.69, 9.17) is 0 Å². The predicted octanol–water partition coefficient (Wildman–Crippen LogP) is 3.90. The quantitative estimate of drug-likeness (QED) is 0.551. The van der Waals surface area contributed by atoms with E-state index >= 15 is 0 Å². The van der Waals surface area contributed by atoms with Crippen molar-refractivity contribution in [2.45, 2.75) is 45.6 Å². The summed E-state index contributed by atoms with van der Waals surface area (Å²) in [6, 6.07) is 0. The van der Waals surface area contributed by atoms with Crippen LogP contribution in [0.3, 0.4) is 0 Å². The van der Waals surface area contributed by atoms with Gasteiger partial charge in [-0.3, -0.25) is 4.90 Å². The van der Waals surface area contributed by atoms with Gasteiger partial charge in [-0.25, -0.2) is 0 Å². The van der Waals surface area contributed by atoms with Crippen molar-refractivity contribution in [2.24, 2.45) is 0 Å². The number of hydrogen-bond acceptors (Lipinski definition) is 1. The lowest BCUT2D eigenvalue weighted by Crippen LogP contribution is -2.38. The molecule has 1 fully saturated rings. The molecular weight excluding hydrogens is 297 g/mol. The first kappa shape index (κ1) is 11.6. The molecule has 0 radical (unpaired) electrons. The van der Waals surface area contributed by atoms with Crippen LogP contribution >= 0.6 is 22.6 Å². The Bertz CT molecular complexity index is 329. The molecule has 0 aromatic carbocycles. The van der Waals surface area contributed by atoms with E-state index in [-0.39, 0.29) is 0 Å². The third-order valence-electron chi connectivity index (χ3n) is 4.00. The minimum absolute atomic E-state index is 0.302. The summed E-state index contributed by atoms with van der Waals surface area (Å²) in [7, 11) is 0. The summed E-state index contributed by atoms with van der Waals surface area (Å²) in [6.45, 7) is 9.34. The van der Waals surface area contributed by atoms with Crippen molar-refractivity contribution in [1.29, 1.82) is 0 Å². The average Bonchev–Trinajstić information content (AvgIpc) is 2.69. The van der Waals surface area contributed by atoms with Gasteiger partial charge < -0.3 is 0 Å². The van der Waals surface area contributed by atoms with Crippen LogP contribution in [0.1, 0.15) is 40.0 Å². The van der Waals surface area contributed by atoms with E-state index in [2.05, 4.69) is 54.3 Å². The summed E-state index contributed by atoms with van der Waals surface area (Å²) in [4.78, 5) is 2.66. The van der Waals surface area contributed by atoms with Gasteiger partial charge in [0.1, 0.15) is 0 Å². The first-order valence-corrected chi connectivity index (χ1v) is 6.97. The maximum atomic E-state index is 2.66. The topological polar surface area (TPSA) is 3.24 Å². The number of halogens is 1. The van der Waals surface area contributed by atoms with E-state index in [1.165, 1.54) is 35.9 Å². The van der Waals surface area contributed by atoms with Gasteiger partial charge in [0.15, 0.2) is 0 Å². The Labute approximate surface area is 107 Å². The Hall–Kier alpha value is 0.170. The standard InChI is InChI=1S/C13H20IN/c1-4-12(14)8-13-6-5-7-15(13)9-10(2)11(13)3/h8H,4-7,9H2,1-3H3/b12-8-. The smallest absolute Gasteiger partial charge is 0.0618 e. The molecule has 0 aromatic heterocycles. The maximum absolute atomic E-state index is 2.66. The number of nitrogens with zero attached hydrogens (tertiary/aromatic N) is 1. The van der Waals surface area contributed by atoms with Crippen molar-refractivity contribution < 1.29 is 0 Å². The number of rotatable bonds is 2. The number of fused-ring (bicyclic) bond motifs is 1. The van der Waals surface area contributed by atoms with Gasteiger partial charge in [-0.1, -0.05) is 18.6 Å². The van der Waals surface area contributed by atoms with Crippen molar-refractivity contribution in [2.75, 3.05) is 13.1 Å². The zero-order valence-corrected chi connectivity index (χ0v) is 12.1. The first-order valence-electron chi connectivity index (χ1n) is 5.89. The van der Waals surface area contributed by atoms with Crippen LogP contribution in [-0.2, 0) is 0 Å².